The smallest absolute Gasteiger partial charge is 0.173 e. The van der Waals surface area contributed by atoms with Gasteiger partial charge in [-0.15, -0.1) is 0 Å². The zero-order chi connectivity index (χ0) is 15.1. The molecule has 4 nitrogen and oxygen atoms in total. The van der Waals surface area contributed by atoms with E-state index >= 15 is 0 Å². The molecule has 0 atom stereocenters. The Morgan fingerprint density at radius 3 is 2.57 bits per heavy atom. The Morgan fingerprint density at radius 2 is 1.95 bits per heavy atom. The number of ether oxygens (including phenoxy) is 1. The van der Waals surface area contributed by atoms with E-state index in [1.165, 1.54) is 0 Å². The molecule has 1 aliphatic heterocycles. The largest absolute Gasteiger partial charge is 0.370 e. The zero-order valence-electron chi connectivity index (χ0n) is 13.0. The molecular weight excluding hydrogens is 282 g/mol. The molecular formula is C16H26N3OS+. The van der Waals surface area contributed by atoms with Gasteiger partial charge in [0, 0.05) is 11.7 Å². The molecule has 0 bridgehead atoms. The molecule has 2 rings (SSSR count). The second kappa shape index (κ2) is 8.32. The SMILES string of the molecule is CC(C)N(C(=S)NCC[NH+]1CCOCC1)c1ccccc1. The molecule has 0 aliphatic carbocycles. The van der Waals surface area contributed by atoms with Gasteiger partial charge in [-0.25, -0.2) is 0 Å². The molecule has 21 heavy (non-hydrogen) atoms. The molecule has 0 spiro atoms. The van der Waals surface area contributed by atoms with Crippen molar-refractivity contribution >= 4 is 23.0 Å². The maximum atomic E-state index is 5.58. The number of hydrogen-bond donors (Lipinski definition) is 2. The summed E-state index contributed by atoms with van der Waals surface area (Å²) in [6.07, 6.45) is 0. The number of quaternary nitrogens is 1. The molecule has 0 radical (unpaired) electrons. The highest BCUT2D eigenvalue weighted by molar-refractivity contribution is 7.80. The maximum absolute atomic E-state index is 5.58. The quantitative estimate of drug-likeness (QED) is 0.783. The standard InChI is InChI=1S/C16H25N3OS/c1-14(2)19(15-6-4-3-5-7-15)16(21)17-8-9-18-10-12-20-13-11-18/h3-7,14H,8-13H2,1-2H3,(H,17,21)/p+1. The van der Waals surface area contributed by atoms with Crippen LogP contribution >= 0.6 is 12.2 Å². The van der Waals surface area contributed by atoms with Gasteiger partial charge in [0.2, 0.25) is 0 Å². The fourth-order valence-electron chi connectivity index (χ4n) is 2.58. The number of rotatable bonds is 5. The van der Waals surface area contributed by atoms with E-state index in [0.29, 0.717) is 6.04 Å². The molecule has 2 N–H and O–H groups in total. The van der Waals surface area contributed by atoms with Crippen molar-refractivity contribution in [1.82, 2.24) is 5.32 Å². The predicted molar refractivity (Wildman–Crippen MR) is 91.0 cm³/mol. The van der Waals surface area contributed by atoms with E-state index in [1.807, 2.05) is 18.2 Å². The maximum Gasteiger partial charge on any atom is 0.173 e. The highest BCUT2D eigenvalue weighted by Crippen LogP contribution is 2.16. The normalized spacial score (nSPS) is 16.0. The Hall–Kier alpha value is -1.17. The Bertz CT molecular complexity index is 432. The number of hydrogen-bond acceptors (Lipinski definition) is 2. The summed E-state index contributed by atoms with van der Waals surface area (Å²) in [5, 5.41) is 4.21. The summed E-state index contributed by atoms with van der Waals surface area (Å²) in [5.74, 6) is 0. The first kappa shape index (κ1) is 16.2. The summed E-state index contributed by atoms with van der Waals surface area (Å²) in [5.41, 5.74) is 1.14. The van der Waals surface area contributed by atoms with Gasteiger partial charge in [0.1, 0.15) is 13.1 Å². The van der Waals surface area contributed by atoms with Crippen LogP contribution in [0.3, 0.4) is 0 Å². The fourth-order valence-corrected chi connectivity index (χ4v) is 3.00. The van der Waals surface area contributed by atoms with E-state index in [-0.39, 0.29) is 0 Å². The average molecular weight is 308 g/mol. The van der Waals surface area contributed by atoms with Crippen LogP contribution in [0.15, 0.2) is 30.3 Å². The second-order valence-electron chi connectivity index (χ2n) is 5.64. The highest BCUT2D eigenvalue weighted by Gasteiger charge is 2.17. The topological polar surface area (TPSA) is 28.9 Å². The van der Waals surface area contributed by atoms with Crippen LogP contribution in [-0.2, 0) is 4.74 Å². The van der Waals surface area contributed by atoms with E-state index < -0.39 is 0 Å². The van der Waals surface area contributed by atoms with Crippen molar-refractivity contribution in [3.63, 3.8) is 0 Å². The van der Waals surface area contributed by atoms with E-state index in [2.05, 4.69) is 36.2 Å². The molecule has 1 aliphatic rings. The Morgan fingerprint density at radius 1 is 1.29 bits per heavy atom. The lowest BCUT2D eigenvalue weighted by Gasteiger charge is -2.30. The second-order valence-corrected chi connectivity index (χ2v) is 6.03. The number of morpholine rings is 1. The number of benzene rings is 1. The third-order valence-corrected chi connectivity index (χ3v) is 4.07. The van der Waals surface area contributed by atoms with Crippen molar-refractivity contribution < 1.29 is 9.64 Å². The van der Waals surface area contributed by atoms with E-state index in [0.717, 1.165) is 50.2 Å². The van der Waals surface area contributed by atoms with Crippen LogP contribution < -0.4 is 15.1 Å². The van der Waals surface area contributed by atoms with E-state index in [1.54, 1.807) is 4.90 Å². The summed E-state index contributed by atoms with van der Waals surface area (Å²) in [7, 11) is 0. The first-order chi connectivity index (χ1) is 10.2. The molecule has 1 heterocycles. The van der Waals surface area contributed by atoms with Gasteiger partial charge in [-0.3, -0.25) is 0 Å². The van der Waals surface area contributed by atoms with Crippen molar-refractivity contribution in [1.29, 1.82) is 0 Å². The van der Waals surface area contributed by atoms with Crippen LogP contribution in [0.1, 0.15) is 13.8 Å². The number of nitrogens with one attached hydrogen (secondary N) is 2. The van der Waals surface area contributed by atoms with Gasteiger partial charge >= 0.3 is 0 Å². The molecule has 0 amide bonds. The summed E-state index contributed by atoms with van der Waals surface area (Å²) >= 11 is 5.58. The minimum absolute atomic E-state index is 0.336. The lowest BCUT2D eigenvalue weighted by molar-refractivity contribution is -0.906. The highest BCUT2D eigenvalue weighted by atomic mass is 32.1. The Balaban J connectivity index is 1.84. The molecule has 0 aromatic heterocycles. The van der Waals surface area contributed by atoms with Gasteiger partial charge < -0.3 is 19.9 Å². The number of para-hydroxylation sites is 1. The third kappa shape index (κ3) is 4.95. The first-order valence-electron chi connectivity index (χ1n) is 7.72. The fraction of sp³-hybridized carbons (Fsp3) is 0.562. The van der Waals surface area contributed by atoms with Crippen LogP contribution in [0.4, 0.5) is 5.69 Å². The van der Waals surface area contributed by atoms with Crippen LogP contribution in [0.2, 0.25) is 0 Å². The van der Waals surface area contributed by atoms with Gasteiger partial charge in [0.05, 0.1) is 26.3 Å². The lowest BCUT2D eigenvalue weighted by atomic mass is 10.2. The van der Waals surface area contributed by atoms with Gasteiger partial charge in [0.15, 0.2) is 5.11 Å². The van der Waals surface area contributed by atoms with Gasteiger partial charge in [-0.2, -0.15) is 0 Å². The summed E-state index contributed by atoms with van der Waals surface area (Å²) < 4.78 is 5.38. The third-order valence-electron chi connectivity index (χ3n) is 3.72. The average Bonchev–Trinajstić information content (AvgIpc) is 2.49. The monoisotopic (exact) mass is 308 g/mol. The minimum Gasteiger partial charge on any atom is -0.370 e. The van der Waals surface area contributed by atoms with Crippen molar-refractivity contribution in [3.8, 4) is 0 Å². The van der Waals surface area contributed by atoms with Gasteiger partial charge in [-0.1, -0.05) is 18.2 Å². The minimum atomic E-state index is 0.336. The van der Waals surface area contributed by atoms with Crippen LogP contribution in [-0.4, -0.2) is 50.5 Å². The van der Waals surface area contributed by atoms with Gasteiger partial charge in [-0.05, 0) is 38.2 Å². The van der Waals surface area contributed by atoms with Crippen molar-refractivity contribution in [3.05, 3.63) is 30.3 Å². The van der Waals surface area contributed by atoms with Crippen molar-refractivity contribution in [2.45, 2.75) is 19.9 Å². The van der Waals surface area contributed by atoms with Crippen molar-refractivity contribution in [2.75, 3.05) is 44.3 Å². The molecule has 0 unspecified atom stereocenters. The Kier molecular flexibility index (Phi) is 6.42. The summed E-state index contributed by atoms with van der Waals surface area (Å²) in [6.45, 7) is 10.3. The molecule has 116 valence electrons. The molecule has 1 fully saturated rings. The van der Waals surface area contributed by atoms with Crippen LogP contribution in [0, 0.1) is 0 Å². The molecule has 1 aromatic carbocycles. The number of anilines is 1. The molecule has 0 saturated carbocycles. The molecule has 5 heteroatoms. The Labute approximate surface area is 133 Å². The predicted octanol–water partition coefficient (Wildman–Crippen LogP) is 0.691. The number of nitrogens with zero attached hydrogens (tertiary/aromatic N) is 1. The van der Waals surface area contributed by atoms with E-state index in [4.69, 9.17) is 17.0 Å². The molecule has 1 aromatic rings. The van der Waals surface area contributed by atoms with E-state index in [9.17, 15) is 0 Å². The van der Waals surface area contributed by atoms with Gasteiger partial charge in [0.25, 0.3) is 0 Å². The summed E-state index contributed by atoms with van der Waals surface area (Å²) in [6, 6.07) is 10.7. The van der Waals surface area contributed by atoms with Crippen molar-refractivity contribution in [2.24, 2.45) is 0 Å². The number of thiocarbonyl (C=S) groups is 1. The summed E-state index contributed by atoms with van der Waals surface area (Å²) in [4.78, 5) is 3.76. The first-order valence-corrected chi connectivity index (χ1v) is 8.12. The zero-order valence-corrected chi connectivity index (χ0v) is 13.8. The van der Waals surface area contributed by atoms with Crippen LogP contribution in [0.25, 0.3) is 0 Å². The van der Waals surface area contributed by atoms with Crippen LogP contribution in [0.5, 0.6) is 0 Å². The lowest BCUT2D eigenvalue weighted by Crippen LogP contribution is -3.14. The molecule has 1 saturated heterocycles.